The fourth-order valence-corrected chi connectivity index (χ4v) is 6.48. The van der Waals surface area contributed by atoms with E-state index in [2.05, 4.69) is 37.3 Å². The van der Waals surface area contributed by atoms with Gasteiger partial charge in [-0.3, -0.25) is 0 Å². The van der Waals surface area contributed by atoms with Gasteiger partial charge in [0.2, 0.25) is 0 Å². The minimum absolute atomic E-state index is 0.171. The van der Waals surface area contributed by atoms with Crippen LogP contribution in [0.4, 0.5) is 0 Å². The predicted octanol–water partition coefficient (Wildman–Crippen LogP) is 5.05. The molecule has 3 heteroatoms. The van der Waals surface area contributed by atoms with Crippen LogP contribution in [0.2, 0.25) is 0 Å². The van der Waals surface area contributed by atoms with Crippen LogP contribution in [0, 0.1) is 11.8 Å². The Balaban J connectivity index is 1.50. The van der Waals surface area contributed by atoms with Crippen molar-refractivity contribution in [1.82, 2.24) is 0 Å². The van der Waals surface area contributed by atoms with Crippen molar-refractivity contribution in [3.05, 3.63) is 64.2 Å². The highest BCUT2D eigenvalue weighted by molar-refractivity contribution is 5.89. The largest absolute Gasteiger partial charge is 0.497 e. The van der Waals surface area contributed by atoms with Gasteiger partial charge in [-0.25, -0.2) is 4.79 Å². The number of hydrogen-bond donors (Lipinski definition) is 0. The number of carbonyl (C=O) groups is 1. The molecule has 0 heterocycles. The molecule has 3 aliphatic rings. The molecule has 3 nitrogen and oxygen atoms in total. The molecule has 5 rings (SSSR count). The average Bonchev–Trinajstić information content (AvgIpc) is 3.04. The quantitative estimate of drug-likeness (QED) is 0.688. The minimum atomic E-state index is -0.232. The van der Waals surface area contributed by atoms with Crippen molar-refractivity contribution in [2.75, 3.05) is 14.2 Å². The summed E-state index contributed by atoms with van der Waals surface area (Å²) in [5.74, 6) is 2.77. The Bertz CT molecular complexity index is 947. The number of ether oxygens (including phenoxy) is 2. The number of carbonyl (C=O) groups excluding carboxylic acids is 1. The first-order valence-electron chi connectivity index (χ1n) is 10.4. The number of benzene rings is 2. The first-order chi connectivity index (χ1) is 13.5. The average molecular weight is 376 g/mol. The van der Waals surface area contributed by atoms with Gasteiger partial charge in [0.25, 0.3) is 0 Å². The summed E-state index contributed by atoms with van der Waals surface area (Å²) in [5.41, 5.74) is 6.70. The van der Waals surface area contributed by atoms with Crippen LogP contribution < -0.4 is 4.74 Å². The molecule has 0 unspecified atom stereocenters. The monoisotopic (exact) mass is 376 g/mol. The van der Waals surface area contributed by atoms with E-state index in [1.54, 1.807) is 12.7 Å². The lowest BCUT2D eigenvalue weighted by Gasteiger charge is -2.49. The van der Waals surface area contributed by atoms with Crippen molar-refractivity contribution in [3.63, 3.8) is 0 Å². The van der Waals surface area contributed by atoms with E-state index >= 15 is 0 Å². The van der Waals surface area contributed by atoms with Crippen LogP contribution in [-0.2, 0) is 23.0 Å². The van der Waals surface area contributed by atoms with Crippen molar-refractivity contribution in [2.24, 2.45) is 11.8 Å². The van der Waals surface area contributed by atoms with Gasteiger partial charge >= 0.3 is 5.97 Å². The Morgan fingerprint density at radius 2 is 1.93 bits per heavy atom. The molecule has 28 heavy (non-hydrogen) atoms. The highest BCUT2D eigenvalue weighted by Gasteiger charge is 2.52. The molecule has 3 aliphatic carbocycles. The van der Waals surface area contributed by atoms with E-state index in [9.17, 15) is 4.79 Å². The summed E-state index contributed by atoms with van der Waals surface area (Å²) in [5, 5.41) is 0. The Labute approximate surface area is 167 Å². The minimum Gasteiger partial charge on any atom is -0.497 e. The molecule has 0 radical (unpaired) electrons. The summed E-state index contributed by atoms with van der Waals surface area (Å²) in [6.07, 6.45) is 5.94. The zero-order chi connectivity index (χ0) is 19.5. The molecular formula is C25H28O3. The Kier molecular flexibility index (Phi) is 4.04. The van der Waals surface area contributed by atoms with Gasteiger partial charge in [-0.1, -0.05) is 19.1 Å². The second-order valence-corrected chi connectivity index (χ2v) is 9.00. The molecule has 2 aromatic carbocycles. The van der Waals surface area contributed by atoms with E-state index in [0.717, 1.165) is 18.6 Å². The Hall–Kier alpha value is -2.29. The highest BCUT2D eigenvalue weighted by atomic mass is 16.5. The summed E-state index contributed by atoms with van der Waals surface area (Å²) < 4.78 is 10.4. The fraction of sp³-hybridized carbons (Fsp3) is 0.480. The molecule has 0 aliphatic heterocycles. The maximum absolute atomic E-state index is 12.1. The summed E-state index contributed by atoms with van der Waals surface area (Å²) in [7, 11) is 3.21. The molecule has 1 fully saturated rings. The standard InChI is InChI=1S/C25H28O3/c1-25-11-10-20-19-9-7-18(27-2)12-15(19)6-8-21(20)23(25)13-16-4-5-17(14-22(16)25)24(26)28-3/h4-5,7,9,12,14,20-21,23H,6,8,10-11,13H2,1-3H3/t20-,21-,23+,25-/m1/s1. The van der Waals surface area contributed by atoms with Gasteiger partial charge in [-0.05, 0) is 102 Å². The third-order valence-corrected chi connectivity index (χ3v) is 7.91. The smallest absolute Gasteiger partial charge is 0.337 e. The lowest BCUT2D eigenvalue weighted by molar-refractivity contribution is 0.0600. The molecule has 4 atom stereocenters. The van der Waals surface area contributed by atoms with Crippen LogP contribution in [0.15, 0.2) is 36.4 Å². The van der Waals surface area contributed by atoms with Gasteiger partial charge in [0.15, 0.2) is 0 Å². The van der Waals surface area contributed by atoms with Crippen LogP contribution in [-0.4, -0.2) is 20.2 Å². The molecule has 146 valence electrons. The van der Waals surface area contributed by atoms with Gasteiger partial charge in [0.1, 0.15) is 5.75 Å². The Morgan fingerprint density at radius 3 is 2.71 bits per heavy atom. The molecule has 0 amide bonds. The third-order valence-electron chi connectivity index (χ3n) is 7.91. The van der Waals surface area contributed by atoms with E-state index in [-0.39, 0.29) is 11.4 Å². The second kappa shape index (κ2) is 6.37. The molecule has 2 aromatic rings. The van der Waals surface area contributed by atoms with Crippen molar-refractivity contribution >= 4 is 5.97 Å². The number of fused-ring (bicyclic) bond motifs is 7. The number of methoxy groups -OCH3 is 2. The molecule has 0 bridgehead atoms. The molecule has 1 saturated carbocycles. The third kappa shape index (κ3) is 2.45. The number of esters is 1. The van der Waals surface area contributed by atoms with Crippen LogP contribution in [0.3, 0.4) is 0 Å². The number of hydrogen-bond acceptors (Lipinski definition) is 3. The summed E-state index contributed by atoms with van der Waals surface area (Å²) in [6.45, 7) is 2.43. The lowest BCUT2D eigenvalue weighted by Crippen LogP contribution is -2.43. The van der Waals surface area contributed by atoms with E-state index < -0.39 is 0 Å². The fourth-order valence-electron chi connectivity index (χ4n) is 6.48. The highest BCUT2D eigenvalue weighted by Crippen LogP contribution is 2.60. The van der Waals surface area contributed by atoms with Crippen molar-refractivity contribution in [3.8, 4) is 5.75 Å². The van der Waals surface area contributed by atoms with Gasteiger partial charge < -0.3 is 9.47 Å². The first-order valence-corrected chi connectivity index (χ1v) is 10.4. The number of aryl methyl sites for hydroxylation is 1. The zero-order valence-electron chi connectivity index (χ0n) is 17.0. The van der Waals surface area contributed by atoms with Gasteiger partial charge in [-0.2, -0.15) is 0 Å². The van der Waals surface area contributed by atoms with E-state index in [1.165, 1.54) is 43.1 Å². The SMILES string of the molecule is COC(=O)c1ccc2c(c1)[C@@]1(C)CC[C@@H]3c4ccc(OC)cc4CC[C@H]3[C@@H]1C2. The van der Waals surface area contributed by atoms with Gasteiger partial charge in [-0.15, -0.1) is 0 Å². The van der Waals surface area contributed by atoms with Crippen molar-refractivity contribution in [1.29, 1.82) is 0 Å². The molecule has 0 N–H and O–H groups in total. The van der Waals surface area contributed by atoms with Crippen LogP contribution in [0.25, 0.3) is 0 Å². The molecular weight excluding hydrogens is 348 g/mol. The summed E-state index contributed by atoms with van der Waals surface area (Å²) in [4.78, 5) is 12.1. The van der Waals surface area contributed by atoms with E-state index in [1.807, 2.05) is 6.07 Å². The lowest BCUT2D eigenvalue weighted by atomic mass is 9.55. The maximum Gasteiger partial charge on any atom is 0.337 e. The second-order valence-electron chi connectivity index (χ2n) is 9.00. The van der Waals surface area contributed by atoms with Crippen molar-refractivity contribution < 1.29 is 14.3 Å². The molecule has 0 spiro atoms. The van der Waals surface area contributed by atoms with Gasteiger partial charge in [0.05, 0.1) is 19.8 Å². The van der Waals surface area contributed by atoms with E-state index in [0.29, 0.717) is 23.3 Å². The zero-order valence-corrected chi connectivity index (χ0v) is 17.0. The summed E-state index contributed by atoms with van der Waals surface area (Å²) in [6, 6.07) is 12.9. The van der Waals surface area contributed by atoms with Crippen LogP contribution in [0.1, 0.15) is 64.7 Å². The molecule has 0 aromatic heterocycles. The predicted molar refractivity (Wildman–Crippen MR) is 109 cm³/mol. The summed E-state index contributed by atoms with van der Waals surface area (Å²) >= 11 is 0. The topological polar surface area (TPSA) is 35.5 Å². The maximum atomic E-state index is 12.1. The Morgan fingerprint density at radius 1 is 1.07 bits per heavy atom. The number of rotatable bonds is 2. The van der Waals surface area contributed by atoms with Gasteiger partial charge in [0, 0.05) is 0 Å². The van der Waals surface area contributed by atoms with Crippen molar-refractivity contribution in [2.45, 2.75) is 50.4 Å². The van der Waals surface area contributed by atoms with E-state index in [4.69, 9.17) is 9.47 Å². The first kappa shape index (κ1) is 17.8. The molecule has 0 saturated heterocycles. The van der Waals surface area contributed by atoms with Crippen LogP contribution in [0.5, 0.6) is 5.75 Å². The normalized spacial score (nSPS) is 29.9. The van der Waals surface area contributed by atoms with Crippen LogP contribution >= 0.6 is 0 Å².